The Labute approximate surface area is 98.1 Å². The topological polar surface area (TPSA) is 29.5 Å². The van der Waals surface area contributed by atoms with Crippen molar-refractivity contribution in [2.75, 3.05) is 13.1 Å². The van der Waals surface area contributed by atoms with Crippen LogP contribution in [0.5, 0.6) is 0 Å². The number of likely N-dealkylation sites (N-methyl/N-ethyl adjacent to an activating group) is 1. The number of amides is 1. The summed E-state index contributed by atoms with van der Waals surface area (Å²) in [6.07, 6.45) is 6.01. The van der Waals surface area contributed by atoms with Crippen molar-refractivity contribution < 1.29 is 9.53 Å². The van der Waals surface area contributed by atoms with Gasteiger partial charge in [0.05, 0.1) is 5.60 Å². The Kier molecular flexibility index (Phi) is 2.99. The Bertz CT molecular complexity index is 280. The van der Waals surface area contributed by atoms with Gasteiger partial charge in [0.2, 0.25) is 0 Å². The molecule has 1 saturated heterocycles. The molecule has 1 aliphatic heterocycles. The molecule has 1 spiro atoms. The number of carbonyl (C=O) groups is 1. The van der Waals surface area contributed by atoms with Crippen molar-refractivity contribution in [1.29, 1.82) is 0 Å². The zero-order valence-electron chi connectivity index (χ0n) is 10.7. The summed E-state index contributed by atoms with van der Waals surface area (Å²) in [5, 5.41) is 0. The van der Waals surface area contributed by atoms with Crippen LogP contribution in [0.25, 0.3) is 0 Å². The molecule has 0 unspecified atom stereocenters. The minimum atomic E-state index is -0.633. The Morgan fingerprint density at radius 3 is 2.44 bits per heavy atom. The van der Waals surface area contributed by atoms with Crippen molar-refractivity contribution in [2.45, 2.75) is 64.1 Å². The normalized spacial score (nSPS) is 28.4. The third-order valence-corrected chi connectivity index (χ3v) is 3.90. The number of ether oxygens (including phenoxy) is 1. The summed E-state index contributed by atoms with van der Waals surface area (Å²) < 4.78 is 6.16. The highest BCUT2D eigenvalue weighted by Crippen LogP contribution is 2.39. The lowest BCUT2D eigenvalue weighted by atomic mass is 9.81. The van der Waals surface area contributed by atoms with Gasteiger partial charge in [-0.25, -0.2) is 0 Å². The van der Waals surface area contributed by atoms with Gasteiger partial charge in [-0.3, -0.25) is 4.79 Å². The van der Waals surface area contributed by atoms with Crippen molar-refractivity contribution in [3.63, 3.8) is 0 Å². The highest BCUT2D eigenvalue weighted by Gasteiger charge is 2.49. The van der Waals surface area contributed by atoms with Crippen molar-refractivity contribution in [2.24, 2.45) is 0 Å². The Hall–Kier alpha value is -0.570. The van der Waals surface area contributed by atoms with Gasteiger partial charge < -0.3 is 9.64 Å². The first-order valence-electron chi connectivity index (χ1n) is 6.49. The fourth-order valence-electron chi connectivity index (χ4n) is 3.13. The molecule has 3 nitrogen and oxygen atoms in total. The summed E-state index contributed by atoms with van der Waals surface area (Å²) in [5.41, 5.74) is -0.683. The van der Waals surface area contributed by atoms with Gasteiger partial charge in [0, 0.05) is 13.1 Å². The van der Waals surface area contributed by atoms with Crippen LogP contribution in [0.1, 0.15) is 52.9 Å². The molecule has 1 amide bonds. The van der Waals surface area contributed by atoms with E-state index in [1.54, 1.807) is 0 Å². The average Bonchev–Trinajstić information content (AvgIpc) is 2.24. The van der Waals surface area contributed by atoms with Crippen LogP contribution in [0.15, 0.2) is 0 Å². The highest BCUT2D eigenvalue weighted by atomic mass is 16.5. The fourth-order valence-corrected chi connectivity index (χ4v) is 3.13. The molecule has 0 radical (unpaired) electrons. The molecule has 0 bridgehead atoms. The summed E-state index contributed by atoms with van der Waals surface area (Å²) in [6, 6.07) is 0. The van der Waals surface area contributed by atoms with E-state index in [1.807, 2.05) is 18.7 Å². The minimum absolute atomic E-state index is 0.0499. The minimum Gasteiger partial charge on any atom is -0.357 e. The Morgan fingerprint density at radius 2 is 1.88 bits per heavy atom. The standard InChI is InChI=1S/C13H23NO2/c1-4-14-10-13(8-6-5-7-9-13)16-12(2,3)11(14)15/h4-10H2,1-3H3. The van der Waals surface area contributed by atoms with Crippen LogP contribution in [0.3, 0.4) is 0 Å². The number of carbonyl (C=O) groups excluding carboxylic acids is 1. The number of hydrogen-bond acceptors (Lipinski definition) is 2. The third-order valence-electron chi connectivity index (χ3n) is 3.90. The lowest BCUT2D eigenvalue weighted by molar-refractivity contribution is -0.213. The number of nitrogens with zero attached hydrogens (tertiary/aromatic N) is 1. The third kappa shape index (κ3) is 1.97. The molecular formula is C13H23NO2. The zero-order chi connectivity index (χ0) is 11.8. The predicted octanol–water partition coefficient (Wildman–Crippen LogP) is 2.35. The first-order valence-corrected chi connectivity index (χ1v) is 6.49. The second-order valence-corrected chi connectivity index (χ2v) is 5.68. The average molecular weight is 225 g/mol. The van der Waals surface area contributed by atoms with E-state index in [-0.39, 0.29) is 11.5 Å². The van der Waals surface area contributed by atoms with Gasteiger partial charge in [0.25, 0.3) is 5.91 Å². The first-order chi connectivity index (χ1) is 7.49. The Morgan fingerprint density at radius 1 is 1.25 bits per heavy atom. The molecule has 0 atom stereocenters. The van der Waals surface area contributed by atoms with Crippen molar-refractivity contribution in [3.05, 3.63) is 0 Å². The summed E-state index contributed by atoms with van der Waals surface area (Å²) in [4.78, 5) is 14.1. The van der Waals surface area contributed by atoms with Gasteiger partial charge in [-0.2, -0.15) is 0 Å². The van der Waals surface area contributed by atoms with Gasteiger partial charge in [-0.15, -0.1) is 0 Å². The van der Waals surface area contributed by atoms with Gasteiger partial charge in [-0.1, -0.05) is 19.3 Å². The number of hydrogen-bond donors (Lipinski definition) is 0. The van der Waals surface area contributed by atoms with Crippen molar-refractivity contribution >= 4 is 5.91 Å². The van der Waals surface area contributed by atoms with Crippen molar-refractivity contribution in [1.82, 2.24) is 4.90 Å². The predicted molar refractivity (Wildman–Crippen MR) is 63.2 cm³/mol. The summed E-state index contributed by atoms with van der Waals surface area (Å²) in [5.74, 6) is 0.145. The van der Waals surface area contributed by atoms with Gasteiger partial charge in [0.1, 0.15) is 5.60 Å². The van der Waals surface area contributed by atoms with E-state index in [0.717, 1.165) is 25.9 Å². The SMILES string of the molecule is CCN1CC2(CCCCC2)OC(C)(C)C1=O. The summed E-state index contributed by atoms with van der Waals surface area (Å²) in [7, 11) is 0. The molecule has 2 fully saturated rings. The second kappa shape index (κ2) is 4.02. The van der Waals surface area contributed by atoms with E-state index in [2.05, 4.69) is 6.92 Å². The molecule has 3 heteroatoms. The smallest absolute Gasteiger partial charge is 0.254 e. The van der Waals surface area contributed by atoms with Crippen LogP contribution < -0.4 is 0 Å². The fraction of sp³-hybridized carbons (Fsp3) is 0.923. The second-order valence-electron chi connectivity index (χ2n) is 5.68. The van der Waals surface area contributed by atoms with Gasteiger partial charge in [0.15, 0.2) is 0 Å². The van der Waals surface area contributed by atoms with E-state index < -0.39 is 5.60 Å². The van der Waals surface area contributed by atoms with Crippen LogP contribution in [0.4, 0.5) is 0 Å². The molecule has 0 N–H and O–H groups in total. The van der Waals surface area contributed by atoms with Crippen LogP contribution in [-0.4, -0.2) is 35.1 Å². The van der Waals surface area contributed by atoms with Crippen LogP contribution in [0, 0.1) is 0 Å². The zero-order valence-corrected chi connectivity index (χ0v) is 10.7. The molecular weight excluding hydrogens is 202 g/mol. The van der Waals surface area contributed by atoms with E-state index >= 15 is 0 Å². The maximum atomic E-state index is 12.1. The Balaban J connectivity index is 2.20. The molecule has 2 aliphatic rings. The lowest BCUT2D eigenvalue weighted by Crippen LogP contribution is -2.63. The van der Waals surface area contributed by atoms with Crippen LogP contribution in [0.2, 0.25) is 0 Å². The van der Waals surface area contributed by atoms with Crippen LogP contribution in [-0.2, 0) is 9.53 Å². The summed E-state index contributed by atoms with van der Waals surface area (Å²) in [6.45, 7) is 7.47. The maximum Gasteiger partial charge on any atom is 0.254 e. The molecule has 16 heavy (non-hydrogen) atoms. The van der Waals surface area contributed by atoms with E-state index in [9.17, 15) is 4.79 Å². The van der Waals surface area contributed by atoms with E-state index in [4.69, 9.17) is 4.74 Å². The number of morpholine rings is 1. The maximum absolute atomic E-state index is 12.1. The van der Waals surface area contributed by atoms with E-state index in [0.29, 0.717) is 0 Å². The molecule has 1 saturated carbocycles. The molecule has 0 aromatic heterocycles. The molecule has 92 valence electrons. The molecule has 0 aromatic carbocycles. The first kappa shape index (κ1) is 11.9. The lowest BCUT2D eigenvalue weighted by Gasteiger charge is -2.50. The van der Waals surface area contributed by atoms with Crippen LogP contribution >= 0.6 is 0 Å². The quantitative estimate of drug-likeness (QED) is 0.685. The monoisotopic (exact) mass is 225 g/mol. The largest absolute Gasteiger partial charge is 0.357 e. The highest BCUT2D eigenvalue weighted by molar-refractivity contribution is 5.85. The number of rotatable bonds is 1. The molecule has 2 rings (SSSR count). The van der Waals surface area contributed by atoms with E-state index in [1.165, 1.54) is 19.3 Å². The van der Waals surface area contributed by atoms with Gasteiger partial charge in [-0.05, 0) is 33.6 Å². The summed E-state index contributed by atoms with van der Waals surface area (Å²) >= 11 is 0. The molecule has 1 aliphatic carbocycles. The van der Waals surface area contributed by atoms with Gasteiger partial charge >= 0.3 is 0 Å². The molecule has 1 heterocycles. The molecule has 0 aromatic rings. The van der Waals surface area contributed by atoms with Crippen molar-refractivity contribution in [3.8, 4) is 0 Å².